The van der Waals surface area contributed by atoms with Crippen molar-refractivity contribution in [1.82, 2.24) is 0 Å². The molecule has 2 N–H and O–H groups in total. The van der Waals surface area contributed by atoms with Gasteiger partial charge in [-0.25, -0.2) is 0 Å². The van der Waals surface area contributed by atoms with Gasteiger partial charge in [-0.15, -0.1) is 0 Å². The Morgan fingerprint density at radius 1 is 1.12 bits per heavy atom. The van der Waals surface area contributed by atoms with E-state index >= 15 is 0 Å². The summed E-state index contributed by atoms with van der Waals surface area (Å²) in [6.45, 7) is 2.25. The molecule has 2 atom stereocenters. The van der Waals surface area contributed by atoms with Gasteiger partial charge in [-0.05, 0) is 48.4 Å². The third-order valence-corrected chi connectivity index (χ3v) is 5.75. The van der Waals surface area contributed by atoms with Crippen LogP contribution in [0.25, 0.3) is 11.1 Å². The van der Waals surface area contributed by atoms with Gasteiger partial charge in [0.15, 0.2) is 0 Å². The van der Waals surface area contributed by atoms with Crippen molar-refractivity contribution in [3.8, 4) is 11.1 Å². The van der Waals surface area contributed by atoms with E-state index in [2.05, 4.69) is 48.5 Å². The molecule has 0 aliphatic heterocycles. The van der Waals surface area contributed by atoms with Crippen molar-refractivity contribution in [3.63, 3.8) is 0 Å². The molecule has 0 amide bonds. The highest BCUT2D eigenvalue weighted by Crippen LogP contribution is 2.56. The molecule has 3 nitrogen and oxygen atoms in total. The first kappa shape index (κ1) is 15.4. The Kier molecular flexibility index (Phi) is 3.69. The SMILES string of the molecule is CCOC(=O)[C@H]1CC2(CC[C@H]1N)c1ccccc1-c1ccccc12. The number of hydrogen-bond donors (Lipinski definition) is 1. The minimum atomic E-state index is -0.238. The van der Waals surface area contributed by atoms with Crippen LogP contribution in [0.15, 0.2) is 48.5 Å². The molecule has 0 radical (unpaired) electrons. The first-order valence-electron chi connectivity index (χ1n) is 8.79. The highest BCUT2D eigenvalue weighted by Gasteiger charge is 2.49. The predicted octanol–water partition coefficient (Wildman–Crippen LogP) is 3.64. The van der Waals surface area contributed by atoms with Crippen molar-refractivity contribution in [3.05, 3.63) is 59.7 Å². The summed E-state index contributed by atoms with van der Waals surface area (Å²) in [5, 5.41) is 0. The Morgan fingerprint density at radius 2 is 1.71 bits per heavy atom. The van der Waals surface area contributed by atoms with Gasteiger partial charge in [-0.2, -0.15) is 0 Å². The zero-order chi connectivity index (χ0) is 16.7. The highest BCUT2D eigenvalue weighted by atomic mass is 16.5. The van der Waals surface area contributed by atoms with E-state index in [9.17, 15) is 4.79 Å². The Balaban J connectivity index is 1.83. The maximum Gasteiger partial charge on any atom is 0.310 e. The lowest BCUT2D eigenvalue weighted by Crippen LogP contribution is -2.47. The van der Waals surface area contributed by atoms with Gasteiger partial charge >= 0.3 is 5.97 Å². The van der Waals surface area contributed by atoms with Gasteiger partial charge in [0.1, 0.15) is 0 Å². The van der Waals surface area contributed by atoms with Crippen molar-refractivity contribution in [2.45, 2.75) is 37.6 Å². The van der Waals surface area contributed by atoms with Crippen LogP contribution in [0.4, 0.5) is 0 Å². The van der Waals surface area contributed by atoms with Crippen molar-refractivity contribution in [1.29, 1.82) is 0 Å². The van der Waals surface area contributed by atoms with Crippen LogP contribution >= 0.6 is 0 Å². The molecule has 1 saturated carbocycles. The van der Waals surface area contributed by atoms with Gasteiger partial charge in [0.05, 0.1) is 12.5 Å². The third kappa shape index (κ3) is 2.11. The van der Waals surface area contributed by atoms with E-state index in [4.69, 9.17) is 10.5 Å². The first-order valence-corrected chi connectivity index (χ1v) is 8.79. The van der Waals surface area contributed by atoms with E-state index in [0.29, 0.717) is 6.61 Å². The average Bonchev–Trinajstić information content (AvgIpc) is 2.88. The van der Waals surface area contributed by atoms with Gasteiger partial charge in [0.2, 0.25) is 0 Å². The second-order valence-corrected chi connectivity index (χ2v) is 6.94. The van der Waals surface area contributed by atoms with Crippen molar-refractivity contribution >= 4 is 5.97 Å². The smallest absolute Gasteiger partial charge is 0.310 e. The number of rotatable bonds is 2. The fraction of sp³-hybridized carbons (Fsp3) is 0.381. The summed E-state index contributed by atoms with van der Waals surface area (Å²) in [6.07, 6.45) is 2.56. The van der Waals surface area contributed by atoms with Crippen LogP contribution in [0.1, 0.15) is 37.3 Å². The lowest BCUT2D eigenvalue weighted by Gasteiger charge is -2.42. The number of fused-ring (bicyclic) bond motifs is 5. The van der Waals surface area contributed by atoms with Crippen LogP contribution < -0.4 is 5.73 Å². The highest BCUT2D eigenvalue weighted by molar-refractivity contribution is 5.82. The maximum absolute atomic E-state index is 12.5. The van der Waals surface area contributed by atoms with Crippen LogP contribution in [0.5, 0.6) is 0 Å². The predicted molar refractivity (Wildman–Crippen MR) is 94.6 cm³/mol. The van der Waals surface area contributed by atoms with Gasteiger partial charge in [0, 0.05) is 11.5 Å². The lowest BCUT2D eigenvalue weighted by molar-refractivity contribution is -0.150. The van der Waals surface area contributed by atoms with E-state index in [1.807, 2.05) is 6.92 Å². The Hall–Kier alpha value is -2.13. The molecule has 24 heavy (non-hydrogen) atoms. The fourth-order valence-corrected chi connectivity index (χ4v) is 4.66. The molecule has 3 heteroatoms. The normalized spacial score (nSPS) is 23.6. The van der Waals surface area contributed by atoms with Crippen LogP contribution in [-0.2, 0) is 14.9 Å². The van der Waals surface area contributed by atoms with E-state index in [1.165, 1.54) is 22.3 Å². The molecule has 1 fully saturated rings. The van der Waals surface area contributed by atoms with Gasteiger partial charge < -0.3 is 10.5 Å². The number of carbonyl (C=O) groups excluding carboxylic acids is 1. The number of ether oxygens (including phenoxy) is 1. The average molecular weight is 321 g/mol. The standard InChI is InChI=1S/C21H23NO2/c1-2-24-20(23)16-13-21(12-11-19(16)22)17-9-5-3-7-14(17)15-8-4-6-10-18(15)21/h3-10,16,19H,2,11-13,22H2,1H3/t16-,19+/m0/s1. The number of esters is 1. The fourth-order valence-electron chi connectivity index (χ4n) is 4.66. The summed E-state index contributed by atoms with van der Waals surface area (Å²) >= 11 is 0. The minimum Gasteiger partial charge on any atom is -0.466 e. The topological polar surface area (TPSA) is 52.3 Å². The molecule has 0 saturated heterocycles. The quantitative estimate of drug-likeness (QED) is 0.859. The van der Waals surface area contributed by atoms with Crippen molar-refractivity contribution in [2.75, 3.05) is 6.61 Å². The maximum atomic E-state index is 12.5. The second-order valence-electron chi connectivity index (χ2n) is 6.94. The molecular weight excluding hydrogens is 298 g/mol. The Bertz CT molecular complexity index is 737. The molecule has 1 spiro atoms. The molecule has 0 bridgehead atoms. The van der Waals surface area contributed by atoms with E-state index < -0.39 is 0 Å². The minimum absolute atomic E-state index is 0.111. The first-order chi connectivity index (χ1) is 11.7. The van der Waals surface area contributed by atoms with Gasteiger partial charge in [0.25, 0.3) is 0 Å². The molecule has 2 aromatic carbocycles. The summed E-state index contributed by atoms with van der Waals surface area (Å²) in [5.74, 6) is -0.385. The molecule has 0 unspecified atom stereocenters. The summed E-state index contributed by atoms with van der Waals surface area (Å²) in [6, 6.07) is 17.1. The summed E-state index contributed by atoms with van der Waals surface area (Å²) in [7, 11) is 0. The van der Waals surface area contributed by atoms with Crippen LogP contribution in [-0.4, -0.2) is 18.6 Å². The summed E-state index contributed by atoms with van der Waals surface area (Å²) in [4.78, 5) is 12.5. The molecule has 2 aromatic rings. The second kappa shape index (κ2) is 5.75. The molecule has 0 heterocycles. The zero-order valence-corrected chi connectivity index (χ0v) is 14.0. The number of hydrogen-bond acceptors (Lipinski definition) is 3. The number of carbonyl (C=O) groups is 1. The van der Waals surface area contributed by atoms with Crippen LogP contribution in [0.3, 0.4) is 0 Å². The lowest BCUT2D eigenvalue weighted by atomic mass is 9.63. The molecular formula is C21H23NO2. The molecule has 4 rings (SSSR count). The van der Waals surface area contributed by atoms with E-state index in [-0.39, 0.29) is 23.3 Å². The van der Waals surface area contributed by atoms with E-state index in [0.717, 1.165) is 19.3 Å². The Labute approximate surface area is 142 Å². The monoisotopic (exact) mass is 321 g/mol. The number of nitrogens with two attached hydrogens (primary N) is 1. The molecule has 2 aliphatic carbocycles. The number of benzene rings is 2. The third-order valence-electron chi connectivity index (χ3n) is 5.75. The molecule has 0 aromatic heterocycles. The molecule has 124 valence electrons. The largest absolute Gasteiger partial charge is 0.466 e. The van der Waals surface area contributed by atoms with Crippen molar-refractivity contribution < 1.29 is 9.53 Å². The van der Waals surface area contributed by atoms with Gasteiger partial charge in [-0.1, -0.05) is 48.5 Å². The summed E-state index contributed by atoms with van der Waals surface area (Å²) in [5.41, 5.74) is 11.5. The van der Waals surface area contributed by atoms with Gasteiger partial charge in [-0.3, -0.25) is 4.79 Å². The summed E-state index contributed by atoms with van der Waals surface area (Å²) < 4.78 is 5.31. The molecule has 2 aliphatic rings. The van der Waals surface area contributed by atoms with Crippen LogP contribution in [0.2, 0.25) is 0 Å². The van der Waals surface area contributed by atoms with Crippen molar-refractivity contribution in [2.24, 2.45) is 11.7 Å². The van der Waals surface area contributed by atoms with Crippen LogP contribution in [0, 0.1) is 5.92 Å². The Morgan fingerprint density at radius 3 is 2.29 bits per heavy atom. The van der Waals surface area contributed by atoms with E-state index in [1.54, 1.807) is 0 Å². The zero-order valence-electron chi connectivity index (χ0n) is 14.0.